The first-order valence-corrected chi connectivity index (χ1v) is 6.60. The number of carbonyl (C=O) groups excluding carboxylic acids is 1. The van der Waals surface area contributed by atoms with Crippen LogP contribution in [0.4, 0.5) is 0 Å². The van der Waals surface area contributed by atoms with Crippen molar-refractivity contribution in [1.82, 2.24) is 9.88 Å². The molecule has 1 aromatic rings. The number of aromatic nitrogens is 1. The molecule has 1 saturated heterocycles. The lowest BCUT2D eigenvalue weighted by Gasteiger charge is -2.20. The van der Waals surface area contributed by atoms with Crippen LogP contribution >= 0.6 is 0 Å². The van der Waals surface area contributed by atoms with Crippen LogP contribution in [0, 0.1) is 6.92 Å². The van der Waals surface area contributed by atoms with E-state index >= 15 is 0 Å². The van der Waals surface area contributed by atoms with E-state index in [9.17, 15) is 9.59 Å². The van der Waals surface area contributed by atoms with Crippen molar-refractivity contribution in [2.45, 2.75) is 32.6 Å². The molecule has 1 amide bonds. The number of carbonyl (C=O) groups is 2. The third-order valence-corrected chi connectivity index (χ3v) is 3.43. The smallest absolute Gasteiger partial charge is 0.337 e. The van der Waals surface area contributed by atoms with Gasteiger partial charge in [0.1, 0.15) is 5.69 Å². The minimum atomic E-state index is -1.02. The number of aryl methyl sites for hydroxylation is 1. The maximum atomic E-state index is 12.3. The zero-order valence-corrected chi connectivity index (χ0v) is 11.1. The maximum Gasteiger partial charge on any atom is 0.337 e. The molecule has 1 N–H and O–H groups in total. The SMILES string of the molecule is Cc1nc(C(=O)N2CCCCCC2)ccc1C(=O)O. The van der Waals surface area contributed by atoms with Crippen LogP contribution in [0.5, 0.6) is 0 Å². The van der Waals surface area contributed by atoms with Gasteiger partial charge in [-0.15, -0.1) is 0 Å². The van der Waals surface area contributed by atoms with E-state index in [-0.39, 0.29) is 11.5 Å². The Kier molecular flexibility index (Phi) is 4.14. The number of carboxylic acids is 1. The third kappa shape index (κ3) is 3.10. The molecule has 0 atom stereocenters. The Bertz CT molecular complexity index is 491. The molecular formula is C14H18N2O3. The Hall–Kier alpha value is -1.91. The van der Waals surface area contributed by atoms with Gasteiger partial charge in [0, 0.05) is 13.1 Å². The Balaban J connectivity index is 2.19. The number of likely N-dealkylation sites (tertiary alicyclic amines) is 1. The molecule has 0 aliphatic carbocycles. The van der Waals surface area contributed by atoms with Gasteiger partial charge < -0.3 is 10.0 Å². The van der Waals surface area contributed by atoms with Gasteiger partial charge in [-0.05, 0) is 31.9 Å². The highest BCUT2D eigenvalue weighted by Crippen LogP contribution is 2.14. The van der Waals surface area contributed by atoms with Crippen molar-refractivity contribution in [2.24, 2.45) is 0 Å². The van der Waals surface area contributed by atoms with Crippen LogP contribution in [-0.4, -0.2) is 40.0 Å². The summed E-state index contributed by atoms with van der Waals surface area (Å²) in [5, 5.41) is 8.95. The van der Waals surface area contributed by atoms with E-state index in [1.807, 2.05) is 4.90 Å². The van der Waals surface area contributed by atoms with E-state index < -0.39 is 5.97 Å². The van der Waals surface area contributed by atoms with E-state index in [0.29, 0.717) is 11.4 Å². The fourth-order valence-electron chi connectivity index (χ4n) is 2.34. The lowest BCUT2D eigenvalue weighted by Crippen LogP contribution is -2.32. The van der Waals surface area contributed by atoms with Gasteiger partial charge in [-0.2, -0.15) is 0 Å². The lowest BCUT2D eigenvalue weighted by molar-refractivity contribution is 0.0691. The molecule has 1 fully saturated rings. The van der Waals surface area contributed by atoms with Gasteiger partial charge in [0.2, 0.25) is 0 Å². The summed E-state index contributed by atoms with van der Waals surface area (Å²) in [6.07, 6.45) is 4.37. The minimum Gasteiger partial charge on any atom is -0.478 e. The first-order chi connectivity index (χ1) is 9.09. The van der Waals surface area contributed by atoms with Crippen molar-refractivity contribution in [1.29, 1.82) is 0 Å². The molecule has 0 saturated carbocycles. The van der Waals surface area contributed by atoms with Crippen molar-refractivity contribution in [2.75, 3.05) is 13.1 Å². The summed E-state index contributed by atoms with van der Waals surface area (Å²) in [6, 6.07) is 2.96. The standard InChI is InChI=1S/C14H18N2O3/c1-10-11(14(18)19)6-7-12(15-10)13(17)16-8-4-2-3-5-9-16/h6-7H,2-5,8-9H2,1H3,(H,18,19). The minimum absolute atomic E-state index is 0.0954. The Morgan fingerprint density at radius 2 is 1.79 bits per heavy atom. The Morgan fingerprint density at radius 1 is 1.16 bits per heavy atom. The zero-order valence-electron chi connectivity index (χ0n) is 11.1. The topological polar surface area (TPSA) is 70.5 Å². The second-order valence-corrected chi connectivity index (χ2v) is 4.84. The van der Waals surface area contributed by atoms with Gasteiger partial charge in [-0.3, -0.25) is 4.79 Å². The van der Waals surface area contributed by atoms with E-state index in [4.69, 9.17) is 5.11 Å². The van der Waals surface area contributed by atoms with Crippen molar-refractivity contribution < 1.29 is 14.7 Å². The van der Waals surface area contributed by atoms with Crippen molar-refractivity contribution in [3.05, 3.63) is 29.1 Å². The molecule has 0 spiro atoms. The summed E-state index contributed by atoms with van der Waals surface area (Å²) >= 11 is 0. The molecule has 1 aromatic heterocycles. The van der Waals surface area contributed by atoms with Crippen LogP contribution < -0.4 is 0 Å². The molecule has 0 radical (unpaired) electrons. The highest BCUT2D eigenvalue weighted by molar-refractivity contribution is 5.94. The van der Waals surface area contributed by atoms with Crippen molar-refractivity contribution in [3.8, 4) is 0 Å². The summed E-state index contributed by atoms with van der Waals surface area (Å²) < 4.78 is 0. The van der Waals surface area contributed by atoms with Crippen molar-refractivity contribution >= 4 is 11.9 Å². The number of pyridine rings is 1. The van der Waals surface area contributed by atoms with Gasteiger partial charge in [0.15, 0.2) is 0 Å². The van der Waals surface area contributed by atoms with Gasteiger partial charge in [0.25, 0.3) is 5.91 Å². The summed E-state index contributed by atoms with van der Waals surface area (Å²) in [4.78, 5) is 29.2. The number of nitrogens with zero attached hydrogens (tertiary/aromatic N) is 2. The zero-order chi connectivity index (χ0) is 13.8. The van der Waals surface area contributed by atoms with Gasteiger partial charge in [-0.1, -0.05) is 12.8 Å². The Labute approximate surface area is 112 Å². The first kappa shape index (κ1) is 13.5. The predicted octanol–water partition coefficient (Wildman–Crippen LogP) is 2.10. The molecule has 19 heavy (non-hydrogen) atoms. The van der Waals surface area contributed by atoms with E-state index in [1.54, 1.807) is 6.92 Å². The predicted molar refractivity (Wildman–Crippen MR) is 70.3 cm³/mol. The number of hydrogen-bond acceptors (Lipinski definition) is 3. The highest BCUT2D eigenvalue weighted by atomic mass is 16.4. The summed E-state index contributed by atoms with van der Waals surface area (Å²) in [5.74, 6) is -1.11. The fourth-order valence-corrected chi connectivity index (χ4v) is 2.34. The van der Waals surface area contributed by atoms with Gasteiger partial charge in [0.05, 0.1) is 11.3 Å². The molecule has 1 aliphatic heterocycles. The molecule has 2 heterocycles. The van der Waals surface area contributed by atoms with Crippen molar-refractivity contribution in [3.63, 3.8) is 0 Å². The number of hydrogen-bond donors (Lipinski definition) is 1. The number of rotatable bonds is 2. The molecule has 2 rings (SSSR count). The lowest BCUT2D eigenvalue weighted by atomic mass is 10.2. The highest BCUT2D eigenvalue weighted by Gasteiger charge is 2.19. The quantitative estimate of drug-likeness (QED) is 0.886. The largest absolute Gasteiger partial charge is 0.478 e. The van der Waals surface area contributed by atoms with Crippen LogP contribution in [0.25, 0.3) is 0 Å². The fraction of sp³-hybridized carbons (Fsp3) is 0.500. The van der Waals surface area contributed by atoms with Gasteiger partial charge in [-0.25, -0.2) is 9.78 Å². The number of aromatic carboxylic acids is 1. The molecule has 0 aromatic carbocycles. The molecule has 0 unspecified atom stereocenters. The van der Waals surface area contributed by atoms with Crippen LogP contribution in [0.2, 0.25) is 0 Å². The van der Waals surface area contributed by atoms with Crippen LogP contribution in [-0.2, 0) is 0 Å². The summed E-state index contributed by atoms with van der Waals surface area (Å²) in [7, 11) is 0. The van der Waals surface area contributed by atoms with E-state index in [0.717, 1.165) is 38.8 Å². The molecule has 5 heteroatoms. The average Bonchev–Trinajstić information content (AvgIpc) is 2.66. The molecular weight excluding hydrogens is 244 g/mol. The third-order valence-electron chi connectivity index (χ3n) is 3.43. The number of carboxylic acid groups (broad SMARTS) is 1. The second-order valence-electron chi connectivity index (χ2n) is 4.84. The molecule has 5 nitrogen and oxygen atoms in total. The normalized spacial score (nSPS) is 15.9. The molecule has 102 valence electrons. The first-order valence-electron chi connectivity index (χ1n) is 6.60. The molecule has 1 aliphatic rings. The van der Waals surface area contributed by atoms with E-state index in [1.165, 1.54) is 12.1 Å². The van der Waals surface area contributed by atoms with Crippen LogP contribution in [0.1, 0.15) is 52.2 Å². The summed E-state index contributed by atoms with van der Waals surface area (Å²) in [6.45, 7) is 3.14. The van der Waals surface area contributed by atoms with Crippen LogP contribution in [0.15, 0.2) is 12.1 Å². The monoisotopic (exact) mass is 262 g/mol. The maximum absolute atomic E-state index is 12.3. The van der Waals surface area contributed by atoms with E-state index in [2.05, 4.69) is 4.98 Å². The number of amides is 1. The second kappa shape index (κ2) is 5.82. The van der Waals surface area contributed by atoms with Gasteiger partial charge >= 0.3 is 5.97 Å². The molecule has 0 bridgehead atoms. The average molecular weight is 262 g/mol. The Morgan fingerprint density at radius 3 is 2.32 bits per heavy atom. The summed E-state index contributed by atoms with van der Waals surface area (Å²) in [5.41, 5.74) is 0.866. The van der Waals surface area contributed by atoms with Crippen LogP contribution in [0.3, 0.4) is 0 Å².